The van der Waals surface area contributed by atoms with Crippen molar-refractivity contribution < 1.29 is 14.7 Å². The molecule has 0 bridgehead atoms. The van der Waals surface area contributed by atoms with Crippen molar-refractivity contribution in [3.8, 4) is 0 Å². The molecule has 6 heteroatoms. The minimum atomic E-state index is -0.766. The van der Waals surface area contributed by atoms with E-state index in [4.69, 9.17) is 5.11 Å². The number of carbonyl (C=O) groups excluding carboxylic acids is 1. The van der Waals surface area contributed by atoms with Gasteiger partial charge in [0.25, 0.3) is 0 Å². The topological polar surface area (TPSA) is 91.3 Å². The average Bonchev–Trinajstić information content (AvgIpc) is 2.85. The van der Waals surface area contributed by atoms with Crippen molar-refractivity contribution in [1.29, 1.82) is 0 Å². The molecule has 0 aliphatic heterocycles. The highest BCUT2D eigenvalue weighted by molar-refractivity contribution is 5.89. The highest BCUT2D eigenvalue weighted by Crippen LogP contribution is 2.31. The average molecular weight is 277 g/mol. The van der Waals surface area contributed by atoms with Gasteiger partial charge in [-0.25, -0.2) is 4.79 Å². The maximum atomic E-state index is 11.8. The van der Waals surface area contributed by atoms with E-state index in [0.29, 0.717) is 18.7 Å². The summed E-state index contributed by atoms with van der Waals surface area (Å²) in [6.45, 7) is 2.29. The van der Waals surface area contributed by atoms with Crippen molar-refractivity contribution in [3.05, 3.63) is 24.0 Å². The first-order valence-corrected chi connectivity index (χ1v) is 6.75. The highest BCUT2D eigenvalue weighted by atomic mass is 16.4. The van der Waals surface area contributed by atoms with E-state index < -0.39 is 5.97 Å². The Morgan fingerprint density at radius 1 is 1.40 bits per heavy atom. The molecule has 20 heavy (non-hydrogen) atoms. The van der Waals surface area contributed by atoms with Gasteiger partial charge in [0.15, 0.2) is 0 Å². The van der Waals surface area contributed by atoms with Crippen molar-refractivity contribution in [2.45, 2.75) is 26.2 Å². The van der Waals surface area contributed by atoms with E-state index in [9.17, 15) is 9.59 Å². The maximum absolute atomic E-state index is 11.8. The SMILES string of the molecule is Cc1cncc(NC(=O)NCC2CCCC2C(=O)O)c1. The normalized spacial score (nSPS) is 21.4. The molecule has 2 unspecified atom stereocenters. The molecular formula is C14H19N3O3. The fourth-order valence-corrected chi connectivity index (χ4v) is 2.63. The highest BCUT2D eigenvalue weighted by Gasteiger charge is 2.32. The number of carboxylic acids is 1. The Balaban J connectivity index is 1.82. The van der Waals surface area contributed by atoms with Gasteiger partial charge in [-0.15, -0.1) is 0 Å². The first-order valence-electron chi connectivity index (χ1n) is 6.75. The number of aliphatic carboxylic acids is 1. The van der Waals surface area contributed by atoms with Crippen LogP contribution in [0.25, 0.3) is 0 Å². The Morgan fingerprint density at radius 2 is 2.20 bits per heavy atom. The number of amides is 2. The van der Waals surface area contributed by atoms with Crippen molar-refractivity contribution in [2.24, 2.45) is 11.8 Å². The summed E-state index contributed by atoms with van der Waals surface area (Å²) in [7, 11) is 0. The van der Waals surface area contributed by atoms with Gasteiger partial charge in [0.05, 0.1) is 17.8 Å². The molecule has 1 aliphatic rings. The van der Waals surface area contributed by atoms with Crippen LogP contribution in [0.2, 0.25) is 0 Å². The molecule has 3 N–H and O–H groups in total. The molecule has 2 amide bonds. The molecule has 2 atom stereocenters. The summed E-state index contributed by atoms with van der Waals surface area (Å²) in [5.41, 5.74) is 1.59. The van der Waals surface area contributed by atoms with Gasteiger partial charge in [0.2, 0.25) is 0 Å². The number of aryl methyl sites for hydroxylation is 1. The molecule has 1 heterocycles. The van der Waals surface area contributed by atoms with E-state index >= 15 is 0 Å². The van der Waals surface area contributed by atoms with Crippen LogP contribution in [-0.2, 0) is 4.79 Å². The summed E-state index contributed by atoms with van der Waals surface area (Å²) >= 11 is 0. The second kappa shape index (κ2) is 6.36. The monoisotopic (exact) mass is 277 g/mol. The summed E-state index contributed by atoms with van der Waals surface area (Å²) in [4.78, 5) is 26.8. The predicted molar refractivity (Wildman–Crippen MR) is 74.5 cm³/mol. The Labute approximate surface area is 117 Å². The lowest BCUT2D eigenvalue weighted by Crippen LogP contribution is -2.35. The standard InChI is InChI=1S/C14H19N3O3/c1-9-5-11(8-15-6-9)17-14(20)16-7-10-3-2-4-12(10)13(18)19/h5-6,8,10,12H,2-4,7H2,1H3,(H,18,19)(H2,16,17,20). The molecule has 2 rings (SSSR count). The first-order chi connectivity index (χ1) is 9.56. The quantitative estimate of drug-likeness (QED) is 0.785. The fourth-order valence-electron chi connectivity index (χ4n) is 2.63. The number of nitrogens with zero attached hydrogens (tertiary/aromatic N) is 1. The summed E-state index contributed by atoms with van der Waals surface area (Å²) in [5, 5.41) is 14.5. The van der Waals surface area contributed by atoms with Gasteiger partial charge in [0, 0.05) is 12.7 Å². The van der Waals surface area contributed by atoms with Crippen molar-refractivity contribution in [1.82, 2.24) is 10.3 Å². The molecule has 1 fully saturated rings. The summed E-state index contributed by atoms with van der Waals surface area (Å²) in [6.07, 6.45) is 5.74. The number of carboxylic acid groups (broad SMARTS) is 1. The number of anilines is 1. The smallest absolute Gasteiger partial charge is 0.319 e. The minimum absolute atomic E-state index is 0.0221. The number of urea groups is 1. The molecule has 1 saturated carbocycles. The first kappa shape index (κ1) is 14.3. The van der Waals surface area contributed by atoms with Crippen LogP contribution < -0.4 is 10.6 Å². The minimum Gasteiger partial charge on any atom is -0.481 e. The number of pyridine rings is 1. The third-order valence-corrected chi connectivity index (χ3v) is 3.63. The summed E-state index contributed by atoms with van der Waals surface area (Å²) in [5.74, 6) is -1.08. The molecule has 0 radical (unpaired) electrons. The molecule has 108 valence electrons. The van der Waals surface area contributed by atoms with E-state index in [0.717, 1.165) is 18.4 Å². The Kier molecular flexibility index (Phi) is 4.55. The molecule has 0 saturated heterocycles. The van der Waals surface area contributed by atoms with Crippen molar-refractivity contribution >= 4 is 17.7 Å². The van der Waals surface area contributed by atoms with Crippen molar-refractivity contribution in [2.75, 3.05) is 11.9 Å². The Morgan fingerprint density at radius 3 is 2.90 bits per heavy atom. The van der Waals surface area contributed by atoms with Crippen LogP contribution in [0.5, 0.6) is 0 Å². The largest absolute Gasteiger partial charge is 0.481 e. The van der Waals surface area contributed by atoms with E-state index in [1.165, 1.54) is 0 Å². The number of hydrogen-bond donors (Lipinski definition) is 3. The zero-order valence-electron chi connectivity index (χ0n) is 11.4. The fraction of sp³-hybridized carbons (Fsp3) is 0.500. The van der Waals surface area contributed by atoms with Crippen LogP contribution in [0, 0.1) is 18.8 Å². The number of carbonyl (C=O) groups is 2. The zero-order chi connectivity index (χ0) is 14.5. The number of hydrogen-bond acceptors (Lipinski definition) is 3. The van der Waals surface area contributed by atoms with Gasteiger partial charge in [0.1, 0.15) is 0 Å². The van der Waals surface area contributed by atoms with Crippen molar-refractivity contribution in [3.63, 3.8) is 0 Å². The number of rotatable bonds is 4. The van der Waals surface area contributed by atoms with E-state index in [-0.39, 0.29) is 17.9 Å². The van der Waals surface area contributed by atoms with E-state index in [2.05, 4.69) is 15.6 Å². The molecule has 6 nitrogen and oxygen atoms in total. The van der Waals surface area contributed by atoms with E-state index in [1.54, 1.807) is 12.4 Å². The lowest BCUT2D eigenvalue weighted by molar-refractivity contribution is -0.142. The number of aromatic nitrogens is 1. The van der Waals surface area contributed by atoms with Gasteiger partial charge in [-0.1, -0.05) is 6.42 Å². The predicted octanol–water partition coefficient (Wildman–Crippen LogP) is 2.01. The molecule has 1 aliphatic carbocycles. The van der Waals surface area contributed by atoms with Gasteiger partial charge < -0.3 is 15.7 Å². The van der Waals surface area contributed by atoms with Gasteiger partial charge in [-0.05, 0) is 37.3 Å². The zero-order valence-corrected chi connectivity index (χ0v) is 11.4. The third-order valence-electron chi connectivity index (χ3n) is 3.63. The molecule has 1 aromatic rings. The lowest BCUT2D eigenvalue weighted by Gasteiger charge is -2.16. The molecule has 1 aromatic heterocycles. The maximum Gasteiger partial charge on any atom is 0.319 e. The van der Waals surface area contributed by atoms with E-state index in [1.807, 2.05) is 13.0 Å². The van der Waals surface area contributed by atoms with Crippen LogP contribution in [0.15, 0.2) is 18.5 Å². The second-order valence-corrected chi connectivity index (χ2v) is 5.22. The molecular weight excluding hydrogens is 258 g/mol. The third kappa shape index (κ3) is 3.69. The lowest BCUT2D eigenvalue weighted by atomic mass is 9.96. The van der Waals surface area contributed by atoms with Crippen LogP contribution in [0.3, 0.4) is 0 Å². The van der Waals surface area contributed by atoms with Gasteiger partial charge >= 0.3 is 12.0 Å². The Bertz CT molecular complexity index is 504. The Hall–Kier alpha value is -2.11. The number of nitrogens with one attached hydrogen (secondary N) is 2. The second-order valence-electron chi connectivity index (χ2n) is 5.22. The van der Waals surface area contributed by atoms with Gasteiger partial charge in [-0.2, -0.15) is 0 Å². The van der Waals surface area contributed by atoms with Crippen LogP contribution in [0.1, 0.15) is 24.8 Å². The molecule has 0 spiro atoms. The van der Waals surface area contributed by atoms with Crippen LogP contribution in [0.4, 0.5) is 10.5 Å². The summed E-state index contributed by atoms with van der Waals surface area (Å²) in [6, 6.07) is 1.50. The van der Waals surface area contributed by atoms with Gasteiger partial charge in [-0.3, -0.25) is 9.78 Å². The summed E-state index contributed by atoms with van der Waals surface area (Å²) < 4.78 is 0. The van der Waals surface area contributed by atoms with Crippen LogP contribution >= 0.6 is 0 Å². The van der Waals surface area contributed by atoms with Crippen LogP contribution in [-0.4, -0.2) is 28.6 Å². The molecule has 0 aromatic carbocycles.